The van der Waals surface area contributed by atoms with Gasteiger partial charge in [0.2, 0.25) is 0 Å². The van der Waals surface area contributed by atoms with E-state index >= 15 is 0 Å². The molecule has 2 rings (SSSR count). The molecule has 0 amide bonds. The predicted molar refractivity (Wildman–Crippen MR) is 51.3 cm³/mol. The minimum absolute atomic E-state index is 0.684. The SMILES string of the molecule is C=C.Cc1scc2c1OCCO2. The first-order valence-electron chi connectivity index (χ1n) is 3.71. The van der Waals surface area contributed by atoms with Crippen LogP contribution in [0, 0.1) is 6.92 Å². The van der Waals surface area contributed by atoms with Gasteiger partial charge in [0.25, 0.3) is 0 Å². The number of hydrogen-bond acceptors (Lipinski definition) is 3. The molecule has 1 aliphatic rings. The van der Waals surface area contributed by atoms with Gasteiger partial charge in [0, 0.05) is 10.3 Å². The summed E-state index contributed by atoms with van der Waals surface area (Å²) >= 11 is 1.67. The van der Waals surface area contributed by atoms with E-state index in [0.717, 1.165) is 11.5 Å². The van der Waals surface area contributed by atoms with Crippen LogP contribution < -0.4 is 9.47 Å². The lowest BCUT2D eigenvalue weighted by atomic mass is 10.4. The van der Waals surface area contributed by atoms with Crippen molar-refractivity contribution in [1.82, 2.24) is 0 Å². The molecule has 0 bridgehead atoms. The zero-order valence-corrected chi connectivity index (χ0v) is 7.95. The minimum atomic E-state index is 0.684. The summed E-state index contributed by atoms with van der Waals surface area (Å²) in [5, 5.41) is 1.99. The highest BCUT2D eigenvalue weighted by molar-refractivity contribution is 7.10. The van der Waals surface area contributed by atoms with Crippen LogP contribution in [0.2, 0.25) is 0 Å². The van der Waals surface area contributed by atoms with Crippen molar-refractivity contribution in [2.75, 3.05) is 13.2 Å². The first-order chi connectivity index (χ1) is 5.88. The standard InChI is InChI=1S/C7H8O2S.C2H4/c1-5-7-6(4-10-5)8-2-3-9-7;1-2/h4H,2-3H2,1H3;1-2H2. The lowest BCUT2D eigenvalue weighted by Crippen LogP contribution is -2.14. The largest absolute Gasteiger partial charge is 0.485 e. The van der Waals surface area contributed by atoms with Gasteiger partial charge in [-0.05, 0) is 6.92 Å². The van der Waals surface area contributed by atoms with Crippen molar-refractivity contribution in [2.24, 2.45) is 0 Å². The van der Waals surface area contributed by atoms with Crippen molar-refractivity contribution in [1.29, 1.82) is 0 Å². The Balaban J connectivity index is 0.000000336. The van der Waals surface area contributed by atoms with Gasteiger partial charge < -0.3 is 9.47 Å². The second-order valence-corrected chi connectivity index (χ2v) is 3.27. The summed E-state index contributed by atoms with van der Waals surface area (Å²) in [5.74, 6) is 1.85. The van der Waals surface area contributed by atoms with Gasteiger partial charge >= 0.3 is 0 Å². The van der Waals surface area contributed by atoms with Crippen molar-refractivity contribution in [3.8, 4) is 11.5 Å². The molecule has 0 N–H and O–H groups in total. The van der Waals surface area contributed by atoms with E-state index in [1.165, 1.54) is 4.88 Å². The van der Waals surface area contributed by atoms with Crippen LogP contribution in [0.15, 0.2) is 18.5 Å². The molecule has 1 aromatic heterocycles. The fourth-order valence-electron chi connectivity index (χ4n) is 0.990. The second-order valence-electron chi connectivity index (χ2n) is 2.18. The van der Waals surface area contributed by atoms with Gasteiger partial charge in [-0.25, -0.2) is 0 Å². The summed E-state index contributed by atoms with van der Waals surface area (Å²) < 4.78 is 10.7. The molecule has 0 spiro atoms. The molecule has 2 nitrogen and oxygen atoms in total. The zero-order chi connectivity index (χ0) is 8.97. The maximum absolute atomic E-state index is 5.38. The number of aryl methyl sites for hydroxylation is 1. The molecule has 0 aromatic carbocycles. The topological polar surface area (TPSA) is 18.5 Å². The molecule has 0 saturated heterocycles. The van der Waals surface area contributed by atoms with Gasteiger partial charge in [0.15, 0.2) is 11.5 Å². The van der Waals surface area contributed by atoms with Gasteiger partial charge in [-0.1, -0.05) is 0 Å². The van der Waals surface area contributed by atoms with E-state index in [2.05, 4.69) is 13.2 Å². The average molecular weight is 184 g/mol. The molecule has 1 aromatic rings. The van der Waals surface area contributed by atoms with Crippen molar-refractivity contribution < 1.29 is 9.47 Å². The number of thiophene rings is 1. The Labute approximate surface area is 76.4 Å². The molecule has 0 radical (unpaired) electrons. The first kappa shape index (κ1) is 9.13. The summed E-state index contributed by atoms with van der Waals surface area (Å²) in [6, 6.07) is 0. The number of ether oxygens (including phenoxy) is 2. The number of fused-ring (bicyclic) bond motifs is 1. The highest BCUT2D eigenvalue weighted by Gasteiger charge is 2.14. The highest BCUT2D eigenvalue weighted by Crippen LogP contribution is 2.38. The molecule has 66 valence electrons. The summed E-state index contributed by atoms with van der Waals surface area (Å²) in [4.78, 5) is 1.20. The van der Waals surface area contributed by atoms with Crippen molar-refractivity contribution in [3.05, 3.63) is 23.4 Å². The molecular weight excluding hydrogens is 172 g/mol. The molecular formula is C9H12O2S. The van der Waals surface area contributed by atoms with E-state index in [1.807, 2.05) is 12.3 Å². The van der Waals surface area contributed by atoms with E-state index < -0.39 is 0 Å². The van der Waals surface area contributed by atoms with Gasteiger partial charge in [0.1, 0.15) is 13.2 Å². The lowest BCUT2D eigenvalue weighted by molar-refractivity contribution is 0.172. The quantitative estimate of drug-likeness (QED) is 0.577. The Hall–Kier alpha value is -0.960. The minimum Gasteiger partial charge on any atom is -0.485 e. The van der Waals surface area contributed by atoms with Crippen LogP contribution in [0.5, 0.6) is 11.5 Å². The normalized spacial score (nSPS) is 13.1. The summed E-state index contributed by atoms with van der Waals surface area (Å²) in [5.41, 5.74) is 0. The summed E-state index contributed by atoms with van der Waals surface area (Å²) in [6.07, 6.45) is 0. The molecule has 0 aliphatic carbocycles. The lowest BCUT2D eigenvalue weighted by Gasteiger charge is -2.14. The molecule has 0 atom stereocenters. The van der Waals surface area contributed by atoms with E-state index in [9.17, 15) is 0 Å². The summed E-state index contributed by atoms with van der Waals surface area (Å²) in [6.45, 7) is 9.41. The fourth-order valence-corrected chi connectivity index (χ4v) is 1.72. The van der Waals surface area contributed by atoms with Gasteiger partial charge in [-0.15, -0.1) is 24.5 Å². The smallest absolute Gasteiger partial charge is 0.174 e. The predicted octanol–water partition coefficient (Wildman–Crippen LogP) is 2.63. The molecule has 0 fully saturated rings. The molecule has 2 heterocycles. The van der Waals surface area contributed by atoms with Gasteiger partial charge in [0.05, 0.1) is 0 Å². The fraction of sp³-hybridized carbons (Fsp3) is 0.333. The Morgan fingerprint density at radius 3 is 2.67 bits per heavy atom. The Morgan fingerprint density at radius 2 is 2.00 bits per heavy atom. The summed E-state index contributed by atoms with van der Waals surface area (Å²) in [7, 11) is 0. The second kappa shape index (κ2) is 4.16. The highest BCUT2D eigenvalue weighted by atomic mass is 32.1. The average Bonchev–Trinajstić information content (AvgIpc) is 2.53. The van der Waals surface area contributed by atoms with Crippen LogP contribution >= 0.6 is 11.3 Å². The number of rotatable bonds is 0. The van der Waals surface area contributed by atoms with Crippen molar-refractivity contribution in [3.63, 3.8) is 0 Å². The van der Waals surface area contributed by atoms with Gasteiger partial charge in [-0.2, -0.15) is 0 Å². The van der Waals surface area contributed by atoms with Crippen LogP contribution in [0.3, 0.4) is 0 Å². The van der Waals surface area contributed by atoms with E-state index in [0.29, 0.717) is 13.2 Å². The number of hydrogen-bond donors (Lipinski definition) is 0. The molecule has 0 unspecified atom stereocenters. The van der Waals surface area contributed by atoms with Crippen molar-refractivity contribution >= 4 is 11.3 Å². The molecule has 3 heteroatoms. The van der Waals surface area contributed by atoms with Crippen LogP contribution in [0.4, 0.5) is 0 Å². The third-order valence-electron chi connectivity index (χ3n) is 1.47. The Kier molecular flexibility index (Phi) is 3.17. The monoisotopic (exact) mass is 184 g/mol. The van der Waals surface area contributed by atoms with Gasteiger partial charge in [-0.3, -0.25) is 0 Å². The molecule has 0 saturated carbocycles. The van der Waals surface area contributed by atoms with Crippen LogP contribution in [-0.2, 0) is 0 Å². The molecule has 12 heavy (non-hydrogen) atoms. The maximum atomic E-state index is 5.38. The third-order valence-corrected chi connectivity index (χ3v) is 2.34. The zero-order valence-electron chi connectivity index (χ0n) is 7.13. The molecule has 1 aliphatic heterocycles. The first-order valence-corrected chi connectivity index (χ1v) is 4.59. The third kappa shape index (κ3) is 1.61. The van der Waals surface area contributed by atoms with E-state index in [-0.39, 0.29) is 0 Å². The van der Waals surface area contributed by atoms with Crippen LogP contribution in [0.1, 0.15) is 4.88 Å². The van der Waals surface area contributed by atoms with Crippen LogP contribution in [0.25, 0.3) is 0 Å². The Bertz CT molecular complexity index is 255. The van der Waals surface area contributed by atoms with Crippen LogP contribution in [-0.4, -0.2) is 13.2 Å². The van der Waals surface area contributed by atoms with E-state index in [1.54, 1.807) is 11.3 Å². The van der Waals surface area contributed by atoms with E-state index in [4.69, 9.17) is 9.47 Å². The van der Waals surface area contributed by atoms with Crippen molar-refractivity contribution in [2.45, 2.75) is 6.92 Å². The Morgan fingerprint density at radius 1 is 1.33 bits per heavy atom. The maximum Gasteiger partial charge on any atom is 0.174 e.